The van der Waals surface area contributed by atoms with Gasteiger partial charge in [0.15, 0.2) is 5.13 Å². The fourth-order valence-electron chi connectivity index (χ4n) is 2.61. The first-order chi connectivity index (χ1) is 11.0. The van der Waals surface area contributed by atoms with E-state index in [1.807, 2.05) is 18.3 Å². The van der Waals surface area contributed by atoms with Gasteiger partial charge in [0.25, 0.3) is 5.91 Å². The third-order valence-corrected chi connectivity index (χ3v) is 4.87. The average molecular weight is 331 g/mol. The highest BCUT2D eigenvalue weighted by molar-refractivity contribution is 7.15. The maximum Gasteiger partial charge on any atom is 0.272 e. The molecule has 0 saturated carbocycles. The predicted molar refractivity (Wildman–Crippen MR) is 93.5 cm³/mol. The number of amides is 1. The number of hydrogen-bond acceptors (Lipinski definition) is 6. The summed E-state index contributed by atoms with van der Waals surface area (Å²) in [6.07, 6.45) is 3.64. The van der Waals surface area contributed by atoms with Crippen LogP contribution in [-0.4, -0.2) is 61.0 Å². The lowest BCUT2D eigenvalue weighted by atomic mass is 10.2. The molecule has 0 aromatic carbocycles. The van der Waals surface area contributed by atoms with Gasteiger partial charge in [0, 0.05) is 63.2 Å². The summed E-state index contributed by atoms with van der Waals surface area (Å²) in [6, 6.07) is 3.85. The first-order valence-corrected chi connectivity index (χ1v) is 8.46. The van der Waals surface area contributed by atoms with E-state index in [1.54, 1.807) is 36.5 Å². The number of thiazole rings is 1. The number of piperazine rings is 1. The molecule has 1 saturated heterocycles. The summed E-state index contributed by atoms with van der Waals surface area (Å²) >= 11 is 1.74. The molecule has 2 aromatic heterocycles. The van der Waals surface area contributed by atoms with Gasteiger partial charge >= 0.3 is 0 Å². The van der Waals surface area contributed by atoms with Crippen molar-refractivity contribution < 1.29 is 4.79 Å². The molecule has 122 valence electrons. The lowest BCUT2D eigenvalue weighted by Crippen LogP contribution is -2.46. The second kappa shape index (κ2) is 6.54. The Hall–Kier alpha value is -2.15. The number of anilines is 2. The quantitative estimate of drug-likeness (QED) is 0.859. The highest BCUT2D eigenvalue weighted by atomic mass is 32.1. The summed E-state index contributed by atoms with van der Waals surface area (Å²) in [4.78, 5) is 28.1. The van der Waals surface area contributed by atoms with E-state index in [1.165, 1.54) is 4.88 Å². The molecule has 0 bridgehead atoms. The summed E-state index contributed by atoms with van der Waals surface area (Å²) in [7, 11) is 3.48. The summed E-state index contributed by atoms with van der Waals surface area (Å²) in [6.45, 7) is 5.78. The van der Waals surface area contributed by atoms with Gasteiger partial charge in [0.2, 0.25) is 0 Å². The van der Waals surface area contributed by atoms with Crippen molar-refractivity contribution in [1.29, 1.82) is 0 Å². The molecule has 0 radical (unpaired) electrons. The first kappa shape index (κ1) is 15.7. The van der Waals surface area contributed by atoms with Gasteiger partial charge in [-0.2, -0.15) is 0 Å². The summed E-state index contributed by atoms with van der Waals surface area (Å²) < 4.78 is 0. The number of carbonyl (C=O) groups excluding carboxylic acids is 1. The Morgan fingerprint density at radius 2 is 1.87 bits per heavy atom. The van der Waals surface area contributed by atoms with Crippen LogP contribution in [0.15, 0.2) is 24.5 Å². The van der Waals surface area contributed by atoms with Crippen molar-refractivity contribution in [2.24, 2.45) is 0 Å². The number of hydrogen-bond donors (Lipinski definition) is 0. The largest absolute Gasteiger partial charge is 0.368 e. The van der Waals surface area contributed by atoms with E-state index >= 15 is 0 Å². The summed E-state index contributed by atoms with van der Waals surface area (Å²) in [5, 5.41) is 1.10. The minimum atomic E-state index is -0.0660. The Kier molecular flexibility index (Phi) is 4.47. The van der Waals surface area contributed by atoms with Crippen LogP contribution in [0.2, 0.25) is 0 Å². The maximum absolute atomic E-state index is 12.0. The molecule has 2 aromatic rings. The lowest BCUT2D eigenvalue weighted by Gasteiger charge is -2.36. The zero-order chi connectivity index (χ0) is 16.4. The average Bonchev–Trinajstić information content (AvgIpc) is 3.01. The first-order valence-electron chi connectivity index (χ1n) is 7.64. The van der Waals surface area contributed by atoms with Crippen LogP contribution >= 0.6 is 11.3 Å². The van der Waals surface area contributed by atoms with Crippen LogP contribution in [0, 0.1) is 6.92 Å². The third kappa shape index (κ3) is 3.44. The molecular formula is C16H21N5OS. The van der Waals surface area contributed by atoms with Gasteiger partial charge in [0.05, 0.1) is 0 Å². The standard InChI is InChI=1S/C16H21N5OS/c1-12-11-18-16(23-12)21-8-6-20(7-9-21)13-4-5-17-14(10-13)15(22)19(2)3/h4-5,10-11H,6-9H2,1-3H3. The van der Waals surface area contributed by atoms with Crippen molar-refractivity contribution in [2.45, 2.75) is 6.92 Å². The second-order valence-corrected chi connectivity index (χ2v) is 7.04. The molecule has 0 N–H and O–H groups in total. The predicted octanol–water partition coefficient (Wildman–Crippen LogP) is 1.87. The topological polar surface area (TPSA) is 52.6 Å². The number of nitrogens with zero attached hydrogens (tertiary/aromatic N) is 5. The van der Waals surface area contributed by atoms with Crippen LogP contribution in [0.5, 0.6) is 0 Å². The normalized spacial score (nSPS) is 14.9. The van der Waals surface area contributed by atoms with E-state index in [0.29, 0.717) is 5.69 Å². The Balaban J connectivity index is 1.68. The zero-order valence-corrected chi connectivity index (χ0v) is 14.5. The number of pyridine rings is 1. The number of carbonyl (C=O) groups is 1. The Bertz CT molecular complexity index is 691. The van der Waals surface area contributed by atoms with Gasteiger partial charge in [-0.05, 0) is 19.1 Å². The molecule has 1 aliphatic rings. The number of aryl methyl sites for hydroxylation is 1. The van der Waals surface area contributed by atoms with E-state index in [9.17, 15) is 4.79 Å². The van der Waals surface area contributed by atoms with Crippen LogP contribution in [0.3, 0.4) is 0 Å². The molecule has 3 rings (SSSR count). The molecule has 0 aliphatic carbocycles. The summed E-state index contributed by atoms with van der Waals surface area (Å²) in [5.41, 5.74) is 1.55. The zero-order valence-electron chi connectivity index (χ0n) is 13.7. The van der Waals surface area contributed by atoms with Crippen molar-refractivity contribution in [2.75, 3.05) is 50.1 Å². The Labute approximate surface area is 140 Å². The molecule has 6 nitrogen and oxygen atoms in total. The molecule has 7 heteroatoms. The molecular weight excluding hydrogens is 310 g/mol. The molecule has 1 aliphatic heterocycles. The molecule has 23 heavy (non-hydrogen) atoms. The van der Waals surface area contributed by atoms with E-state index in [4.69, 9.17) is 0 Å². The van der Waals surface area contributed by atoms with Crippen molar-refractivity contribution in [3.8, 4) is 0 Å². The van der Waals surface area contributed by atoms with Gasteiger partial charge in [-0.25, -0.2) is 4.98 Å². The maximum atomic E-state index is 12.0. The van der Waals surface area contributed by atoms with Crippen molar-refractivity contribution >= 4 is 28.1 Å². The number of rotatable bonds is 3. The lowest BCUT2D eigenvalue weighted by molar-refractivity contribution is 0.0822. The minimum Gasteiger partial charge on any atom is -0.368 e. The second-order valence-electron chi connectivity index (χ2n) is 5.83. The molecule has 1 fully saturated rings. The van der Waals surface area contributed by atoms with Crippen LogP contribution < -0.4 is 9.80 Å². The molecule has 0 unspecified atom stereocenters. The highest BCUT2D eigenvalue weighted by Crippen LogP contribution is 2.24. The third-order valence-electron chi connectivity index (χ3n) is 3.89. The Morgan fingerprint density at radius 3 is 2.48 bits per heavy atom. The molecule has 1 amide bonds. The van der Waals surface area contributed by atoms with Gasteiger partial charge < -0.3 is 14.7 Å². The van der Waals surface area contributed by atoms with Crippen molar-refractivity contribution in [3.63, 3.8) is 0 Å². The van der Waals surface area contributed by atoms with Crippen LogP contribution in [-0.2, 0) is 0 Å². The molecule has 0 spiro atoms. The molecule has 3 heterocycles. The molecule has 0 atom stereocenters. The van der Waals surface area contributed by atoms with Crippen LogP contribution in [0.1, 0.15) is 15.4 Å². The monoisotopic (exact) mass is 331 g/mol. The van der Waals surface area contributed by atoms with E-state index in [0.717, 1.165) is 37.0 Å². The fourth-order valence-corrected chi connectivity index (χ4v) is 3.42. The van der Waals surface area contributed by atoms with E-state index < -0.39 is 0 Å². The van der Waals surface area contributed by atoms with E-state index in [2.05, 4.69) is 26.7 Å². The smallest absolute Gasteiger partial charge is 0.272 e. The van der Waals surface area contributed by atoms with Crippen LogP contribution in [0.25, 0.3) is 0 Å². The summed E-state index contributed by atoms with van der Waals surface area (Å²) in [5.74, 6) is -0.0660. The van der Waals surface area contributed by atoms with Crippen molar-refractivity contribution in [1.82, 2.24) is 14.9 Å². The van der Waals surface area contributed by atoms with E-state index in [-0.39, 0.29) is 5.91 Å². The van der Waals surface area contributed by atoms with Gasteiger partial charge in [-0.1, -0.05) is 0 Å². The Morgan fingerprint density at radius 1 is 1.17 bits per heavy atom. The van der Waals surface area contributed by atoms with Crippen molar-refractivity contribution in [3.05, 3.63) is 35.1 Å². The van der Waals surface area contributed by atoms with Gasteiger partial charge in [0.1, 0.15) is 5.69 Å². The van der Waals surface area contributed by atoms with Gasteiger partial charge in [-0.15, -0.1) is 11.3 Å². The minimum absolute atomic E-state index is 0.0660. The highest BCUT2D eigenvalue weighted by Gasteiger charge is 2.20. The van der Waals surface area contributed by atoms with Crippen LogP contribution in [0.4, 0.5) is 10.8 Å². The van der Waals surface area contributed by atoms with Gasteiger partial charge in [-0.3, -0.25) is 9.78 Å². The SMILES string of the molecule is Cc1cnc(N2CCN(c3ccnc(C(=O)N(C)C)c3)CC2)s1. The fraction of sp³-hybridized carbons (Fsp3) is 0.438. The number of aromatic nitrogens is 2.